The second-order valence-electron chi connectivity index (χ2n) is 4.59. The minimum Gasteiger partial charge on any atom is -0.423 e. The number of rotatable bonds is 5. The minimum atomic E-state index is 0.334. The molecule has 0 saturated carbocycles. The molecule has 2 aromatic carbocycles. The third-order valence-corrected chi connectivity index (χ3v) is 2.98. The lowest BCUT2D eigenvalue weighted by molar-refractivity contribution is 0.441. The molecule has 3 aromatic rings. The lowest BCUT2D eigenvalue weighted by atomic mass is 10.2. The Kier molecular flexibility index (Phi) is 3.93. The van der Waals surface area contributed by atoms with Crippen LogP contribution in [-0.4, -0.2) is 21.8 Å². The topological polar surface area (TPSA) is 52.0 Å². The fraction of sp³-hybridized carbons (Fsp3) is 0.125. The molecule has 0 radical (unpaired) electrons. The summed E-state index contributed by atoms with van der Waals surface area (Å²) in [4.78, 5) is 4.18. The van der Waals surface area contributed by atoms with Crippen molar-refractivity contribution in [2.24, 2.45) is 0 Å². The van der Waals surface area contributed by atoms with E-state index in [9.17, 15) is 0 Å². The molecule has 0 atom stereocenters. The molecule has 0 fully saturated rings. The maximum absolute atomic E-state index is 5.70. The van der Waals surface area contributed by atoms with Crippen LogP contribution in [0.4, 0.5) is 0 Å². The molecule has 0 unspecified atom stereocenters. The molecule has 0 aliphatic carbocycles. The van der Waals surface area contributed by atoms with Crippen LogP contribution in [0.1, 0.15) is 5.56 Å². The zero-order chi connectivity index (χ0) is 14.5. The average molecular weight is 280 g/mol. The number of hydrogen-bond acceptors (Lipinski definition) is 4. The van der Waals surface area contributed by atoms with Crippen molar-refractivity contribution in [3.05, 3.63) is 66.5 Å². The van der Waals surface area contributed by atoms with E-state index in [0.29, 0.717) is 6.01 Å². The summed E-state index contributed by atoms with van der Waals surface area (Å²) in [6, 6.07) is 18.0. The summed E-state index contributed by atoms with van der Waals surface area (Å²) in [6.45, 7) is 0.795. The number of ether oxygens (including phenoxy) is 1. The van der Waals surface area contributed by atoms with Gasteiger partial charge < -0.3 is 10.1 Å². The van der Waals surface area contributed by atoms with Crippen molar-refractivity contribution < 1.29 is 4.74 Å². The Morgan fingerprint density at radius 2 is 1.95 bits per heavy atom. The van der Waals surface area contributed by atoms with Gasteiger partial charge in [0.15, 0.2) is 0 Å². The molecule has 3 rings (SSSR count). The first-order valence-electron chi connectivity index (χ1n) is 6.73. The van der Waals surface area contributed by atoms with Crippen molar-refractivity contribution in [3.8, 4) is 17.4 Å². The average Bonchev–Trinajstić information content (AvgIpc) is 2.97. The van der Waals surface area contributed by atoms with Gasteiger partial charge in [0.2, 0.25) is 0 Å². The van der Waals surface area contributed by atoms with Crippen molar-refractivity contribution in [2.75, 3.05) is 7.05 Å². The summed E-state index contributed by atoms with van der Waals surface area (Å²) in [5, 5.41) is 7.43. The Hall–Kier alpha value is -2.66. The third-order valence-electron chi connectivity index (χ3n) is 2.98. The van der Waals surface area contributed by atoms with E-state index in [-0.39, 0.29) is 0 Å². The van der Waals surface area contributed by atoms with E-state index in [0.717, 1.165) is 23.5 Å². The Morgan fingerprint density at radius 1 is 1.10 bits per heavy atom. The Labute approximate surface area is 123 Å². The molecule has 5 heteroatoms. The van der Waals surface area contributed by atoms with Gasteiger partial charge in [-0.15, -0.1) is 5.10 Å². The number of aromatic nitrogens is 3. The number of benzene rings is 2. The molecule has 106 valence electrons. The summed E-state index contributed by atoms with van der Waals surface area (Å²) in [6.07, 6.45) is 1.64. The van der Waals surface area contributed by atoms with E-state index in [1.54, 1.807) is 11.0 Å². The standard InChI is InChI=1S/C16H16N4O/c1-17-11-13-6-5-9-15(10-13)21-16-18-12-20(19-16)14-7-3-2-4-8-14/h2-10,12,17H,11H2,1H3. The first-order valence-corrected chi connectivity index (χ1v) is 6.73. The molecule has 0 aliphatic heterocycles. The summed E-state index contributed by atoms with van der Waals surface area (Å²) in [7, 11) is 1.91. The number of nitrogens with zero attached hydrogens (tertiary/aromatic N) is 3. The predicted octanol–water partition coefficient (Wildman–Crippen LogP) is 2.78. The van der Waals surface area contributed by atoms with Gasteiger partial charge in [0.1, 0.15) is 12.1 Å². The van der Waals surface area contributed by atoms with Crippen LogP contribution in [0.2, 0.25) is 0 Å². The van der Waals surface area contributed by atoms with Crippen molar-refractivity contribution in [2.45, 2.75) is 6.54 Å². The fourth-order valence-electron chi connectivity index (χ4n) is 2.03. The normalized spacial score (nSPS) is 10.5. The largest absolute Gasteiger partial charge is 0.423 e. The van der Waals surface area contributed by atoms with Gasteiger partial charge in [-0.05, 0) is 36.9 Å². The molecule has 1 aromatic heterocycles. The second kappa shape index (κ2) is 6.19. The highest BCUT2D eigenvalue weighted by atomic mass is 16.5. The molecule has 0 spiro atoms. The van der Waals surface area contributed by atoms with Crippen LogP contribution in [0.25, 0.3) is 5.69 Å². The van der Waals surface area contributed by atoms with E-state index in [1.807, 2.05) is 61.6 Å². The van der Waals surface area contributed by atoms with Crippen LogP contribution < -0.4 is 10.1 Å². The van der Waals surface area contributed by atoms with Crippen LogP contribution in [0.3, 0.4) is 0 Å². The van der Waals surface area contributed by atoms with Crippen LogP contribution in [0, 0.1) is 0 Å². The summed E-state index contributed by atoms with van der Waals surface area (Å²) in [5.74, 6) is 0.730. The highest BCUT2D eigenvalue weighted by Crippen LogP contribution is 2.19. The van der Waals surface area contributed by atoms with Gasteiger partial charge in [0.05, 0.1) is 5.69 Å². The summed E-state index contributed by atoms with van der Waals surface area (Å²) >= 11 is 0. The molecule has 0 amide bonds. The lowest BCUT2D eigenvalue weighted by Crippen LogP contribution is -2.04. The van der Waals surface area contributed by atoms with E-state index in [1.165, 1.54) is 0 Å². The van der Waals surface area contributed by atoms with Crippen LogP contribution >= 0.6 is 0 Å². The van der Waals surface area contributed by atoms with Crippen molar-refractivity contribution in [1.82, 2.24) is 20.1 Å². The van der Waals surface area contributed by atoms with Gasteiger partial charge in [0, 0.05) is 6.54 Å². The molecule has 21 heavy (non-hydrogen) atoms. The van der Waals surface area contributed by atoms with Gasteiger partial charge >= 0.3 is 6.01 Å². The fourth-order valence-corrected chi connectivity index (χ4v) is 2.03. The number of para-hydroxylation sites is 1. The van der Waals surface area contributed by atoms with Crippen LogP contribution in [0.15, 0.2) is 60.9 Å². The molecule has 0 aliphatic rings. The van der Waals surface area contributed by atoms with Crippen LogP contribution in [-0.2, 0) is 6.54 Å². The van der Waals surface area contributed by atoms with Gasteiger partial charge in [-0.25, -0.2) is 4.68 Å². The molecule has 1 heterocycles. The maximum Gasteiger partial charge on any atom is 0.341 e. The highest BCUT2D eigenvalue weighted by molar-refractivity contribution is 5.32. The van der Waals surface area contributed by atoms with E-state index in [2.05, 4.69) is 15.4 Å². The van der Waals surface area contributed by atoms with Gasteiger partial charge in [-0.3, -0.25) is 0 Å². The Morgan fingerprint density at radius 3 is 2.76 bits per heavy atom. The zero-order valence-corrected chi connectivity index (χ0v) is 11.7. The van der Waals surface area contributed by atoms with Crippen LogP contribution in [0.5, 0.6) is 11.8 Å². The summed E-state index contributed by atoms with van der Waals surface area (Å²) in [5.41, 5.74) is 2.10. The number of hydrogen-bond donors (Lipinski definition) is 1. The smallest absolute Gasteiger partial charge is 0.341 e. The van der Waals surface area contributed by atoms with Crippen molar-refractivity contribution in [3.63, 3.8) is 0 Å². The first-order chi connectivity index (χ1) is 10.3. The van der Waals surface area contributed by atoms with Gasteiger partial charge in [0.25, 0.3) is 0 Å². The highest BCUT2D eigenvalue weighted by Gasteiger charge is 2.05. The summed E-state index contributed by atoms with van der Waals surface area (Å²) < 4.78 is 7.38. The molecular formula is C16H16N4O. The molecule has 5 nitrogen and oxygen atoms in total. The molecular weight excluding hydrogens is 264 g/mol. The van der Waals surface area contributed by atoms with E-state index in [4.69, 9.17) is 4.74 Å². The minimum absolute atomic E-state index is 0.334. The van der Waals surface area contributed by atoms with Crippen molar-refractivity contribution in [1.29, 1.82) is 0 Å². The predicted molar refractivity (Wildman–Crippen MR) is 80.6 cm³/mol. The second-order valence-corrected chi connectivity index (χ2v) is 4.59. The SMILES string of the molecule is CNCc1cccc(Oc2ncn(-c3ccccc3)n2)c1. The molecule has 1 N–H and O–H groups in total. The van der Waals surface area contributed by atoms with E-state index >= 15 is 0 Å². The molecule has 0 bridgehead atoms. The van der Waals surface area contributed by atoms with E-state index < -0.39 is 0 Å². The zero-order valence-electron chi connectivity index (χ0n) is 11.7. The number of nitrogens with one attached hydrogen (secondary N) is 1. The lowest BCUT2D eigenvalue weighted by Gasteiger charge is -2.04. The maximum atomic E-state index is 5.70. The Bertz CT molecular complexity index is 709. The van der Waals surface area contributed by atoms with Gasteiger partial charge in [-0.1, -0.05) is 30.3 Å². The Balaban J connectivity index is 1.77. The molecule has 0 saturated heterocycles. The van der Waals surface area contributed by atoms with Crippen molar-refractivity contribution >= 4 is 0 Å². The van der Waals surface area contributed by atoms with Gasteiger partial charge in [-0.2, -0.15) is 4.98 Å². The quantitative estimate of drug-likeness (QED) is 0.781. The third kappa shape index (κ3) is 3.27. The monoisotopic (exact) mass is 280 g/mol. The first kappa shape index (κ1) is 13.3.